The lowest BCUT2D eigenvalue weighted by molar-refractivity contribution is 1.63. The molecule has 0 amide bonds. The first-order valence-electron chi connectivity index (χ1n) is 62.6. The van der Waals surface area contributed by atoms with E-state index in [2.05, 4.69) is 140 Å². The van der Waals surface area contributed by atoms with E-state index in [1.54, 1.807) is 42.5 Å². The topological polar surface area (TPSA) is 0 Å². The van der Waals surface area contributed by atoms with Gasteiger partial charge < -0.3 is 0 Å². The zero-order chi connectivity index (χ0) is 123. The Morgan fingerprint density at radius 3 is 0.771 bits per heavy atom. The fourth-order valence-corrected chi connectivity index (χ4v) is 19.7. The number of hydrogen-bond donors (Lipinski definition) is 0. The van der Waals surface area contributed by atoms with Crippen LogP contribution < -0.4 is 0 Å². The number of benzene rings is 27. The third-order valence-electron chi connectivity index (χ3n) is 25.7. The van der Waals surface area contributed by atoms with Crippen molar-refractivity contribution in [2.24, 2.45) is 0 Å². The van der Waals surface area contributed by atoms with E-state index in [-0.39, 0.29) is 123 Å². The Morgan fingerprint density at radius 1 is 0.107 bits per heavy atom. The molecule has 0 bridgehead atoms. The van der Waals surface area contributed by atoms with Crippen LogP contribution in [0.5, 0.6) is 0 Å². The van der Waals surface area contributed by atoms with Gasteiger partial charge in [0.25, 0.3) is 0 Å². The summed E-state index contributed by atoms with van der Waals surface area (Å²) in [6, 6.07) is 102. The Hall–Kier alpha value is -18.2. The normalized spacial score (nSPS) is 14.7. The molecule has 0 aromatic heterocycles. The first-order chi connectivity index (χ1) is 83.7. The van der Waals surface area contributed by atoms with E-state index >= 15 is 0 Å². The predicted molar refractivity (Wildman–Crippen MR) is 604 cm³/mol. The average molecular weight is 1810 g/mol. The molecule has 27 aromatic rings. The van der Waals surface area contributed by atoms with Crippen molar-refractivity contribution in [3.63, 3.8) is 0 Å². The Balaban J connectivity index is 0.000000120. The Bertz CT molecular complexity index is 11400. The van der Waals surface area contributed by atoms with Crippen LogP contribution in [0, 0.1) is 0 Å². The molecule has 0 nitrogen and oxygen atoms in total. The zero-order valence-electron chi connectivity index (χ0n) is 109. The van der Waals surface area contributed by atoms with Crippen LogP contribution in [0.15, 0.2) is 569 Å². The fourth-order valence-electron chi connectivity index (χ4n) is 19.7. The fraction of sp³-hybridized carbons (Fsp3) is 0. The minimum absolute atomic E-state index is 0.0473. The molecule has 27 rings (SSSR count). The van der Waals surface area contributed by atoms with Crippen molar-refractivity contribution >= 4 is 118 Å². The van der Waals surface area contributed by atoms with Gasteiger partial charge in [0.1, 0.15) is 0 Å². The van der Waals surface area contributed by atoms with Crippen LogP contribution in [0.3, 0.4) is 0 Å². The van der Waals surface area contributed by atoms with Gasteiger partial charge in [-0.3, -0.25) is 0 Å². The summed E-state index contributed by atoms with van der Waals surface area (Å²) < 4.78 is 294. The van der Waals surface area contributed by atoms with Gasteiger partial charge in [0.2, 0.25) is 0 Å². The zero-order valence-corrected chi connectivity index (χ0v) is 74.6. The van der Waals surface area contributed by atoms with E-state index in [1.807, 2.05) is 182 Å². The molecule has 0 radical (unpaired) electrons. The molecule has 0 saturated heterocycles. The number of hydrogen-bond acceptors (Lipinski definition) is 0. The Morgan fingerprint density at radius 2 is 0.371 bits per heavy atom. The quantitative estimate of drug-likeness (QED) is 0.107. The molecule has 0 unspecified atom stereocenters. The van der Waals surface area contributed by atoms with E-state index in [0.29, 0.717) is 33.0 Å². The summed E-state index contributed by atoms with van der Waals surface area (Å²) in [6.07, 6.45) is 0. The van der Waals surface area contributed by atoms with Crippen LogP contribution in [0.1, 0.15) is 46.6 Å². The SMILES string of the molecule is [2H]c1c([2H])c([2H])c(-c2c3c([2H])c([2H])c([2H])c([2H])c3c(-c3c([2H])c([2H])c([2H])c([2H])c3[2H])c3c([2H])c(-c4cccc5ccccc45)c([2H])c([2H])c23)c([2H])c1[2H].[2H]c1c([2H])c([2H])c(-c2c3ccccc3c(-c3ccccc3)c3ccc(-c4cccc5ccccc45)cc23)c([2H])c1[2H].[2H]c1c([2H])c([2H])c(-c2ccc3c(-c4ccccc4)c4ccccc4c(-c4ccccc4)c3c2)c([2H])c1[2H].[2H]c1c([2H])c([2H])c2c(-c3ccc4c(-c5ccccc5)c5ccccc5c(-c5ccccc5)c4c3)c([2H])c([2H])c([2H])c2c1[2H]. The maximum Gasteiger partial charge on any atom is 0.0636 e. The second kappa shape index (κ2) is 37.9. The summed E-state index contributed by atoms with van der Waals surface area (Å²) in [4.78, 5) is 0. The standard InChI is InChI=1S/3C36H24.C32H22/c3*1-3-13-26(14-4-1)35-31-19-9-10-20-32(31)36(27-15-5-2-6-16-27)34-24-28(22-23-33(34)35)30-21-11-17-25-12-7-8-18-29(25)30;1-4-12-23(13-5-1)26-20-21-29-30(22-26)32(25-16-8-3-9-17-25)28-19-11-10-18-27(28)31(29)24-14-6-2-7-15-24/h3*1-24H;1-22H/i1D,2D,3D,4D,5D,6D,9D,10D,13D,14D,15D,16D,19D,20D,22D,23D,24D;7D,8D,11D,12D,17D,18D,21D;2D,5D,6D,15D,16D;1D,4D,5D,12D,13D. The lowest BCUT2D eigenvalue weighted by Gasteiger charge is -2.19. The Kier molecular flexibility index (Phi) is 15.1. The molecule has 0 saturated carbocycles. The van der Waals surface area contributed by atoms with Gasteiger partial charge in [-0.2, -0.15) is 0 Å². The molecule has 0 atom stereocenters. The van der Waals surface area contributed by atoms with Gasteiger partial charge in [-0.1, -0.05) is 545 Å². The molecule has 0 N–H and O–H groups in total. The van der Waals surface area contributed by atoms with Crippen molar-refractivity contribution in [1.82, 2.24) is 0 Å². The predicted octanol–water partition coefficient (Wildman–Crippen LogP) is 39.4. The van der Waals surface area contributed by atoms with E-state index in [1.165, 1.54) is 0 Å². The summed E-state index contributed by atoms with van der Waals surface area (Å²) in [5.74, 6) is 0. The van der Waals surface area contributed by atoms with Gasteiger partial charge in [0, 0.05) is 0 Å². The summed E-state index contributed by atoms with van der Waals surface area (Å²) in [7, 11) is 0. The summed E-state index contributed by atoms with van der Waals surface area (Å²) >= 11 is 0. The smallest absolute Gasteiger partial charge is 0.0622 e. The highest BCUT2D eigenvalue weighted by atomic mass is 14.3. The molecule has 0 aliphatic carbocycles. The summed E-state index contributed by atoms with van der Waals surface area (Å²) in [5.41, 5.74) is 13.2. The maximum atomic E-state index is 9.80. The summed E-state index contributed by atoms with van der Waals surface area (Å²) in [6.45, 7) is 0. The van der Waals surface area contributed by atoms with Crippen molar-refractivity contribution in [2.45, 2.75) is 0 Å². The van der Waals surface area contributed by atoms with Crippen molar-refractivity contribution < 1.29 is 46.6 Å². The molecular formula is C140H94. The van der Waals surface area contributed by atoms with Crippen LogP contribution in [-0.4, -0.2) is 0 Å². The molecule has 0 heteroatoms. The molecule has 0 fully saturated rings. The monoisotopic (exact) mass is 1810 g/mol. The first-order valence-corrected chi connectivity index (χ1v) is 45.6. The first kappa shape index (κ1) is 55.6. The number of fused-ring (bicyclic) bond motifs is 11. The van der Waals surface area contributed by atoms with Crippen LogP contribution in [0.25, 0.3) is 252 Å². The van der Waals surface area contributed by atoms with Gasteiger partial charge in [-0.15, -0.1) is 0 Å². The third-order valence-corrected chi connectivity index (χ3v) is 25.7. The third kappa shape index (κ3) is 16.0. The van der Waals surface area contributed by atoms with Gasteiger partial charge >= 0.3 is 0 Å². The highest BCUT2D eigenvalue weighted by Gasteiger charge is 2.25. The molecule has 140 heavy (non-hydrogen) atoms. The molecule has 27 aromatic carbocycles. The van der Waals surface area contributed by atoms with Crippen LogP contribution >= 0.6 is 0 Å². The molecule has 0 aliphatic rings. The Labute approximate surface area is 864 Å². The highest BCUT2D eigenvalue weighted by Crippen LogP contribution is 2.52. The average Bonchev–Trinajstić information content (AvgIpc) is 0.683. The van der Waals surface area contributed by atoms with Crippen LogP contribution in [-0.2, 0) is 0 Å². The van der Waals surface area contributed by atoms with Crippen molar-refractivity contribution in [1.29, 1.82) is 0 Å². The van der Waals surface area contributed by atoms with E-state index in [0.717, 1.165) is 142 Å². The van der Waals surface area contributed by atoms with Crippen molar-refractivity contribution in [3.05, 3.63) is 569 Å². The lowest BCUT2D eigenvalue weighted by atomic mass is 9.84. The molecule has 654 valence electrons. The van der Waals surface area contributed by atoms with Crippen LogP contribution in [0.4, 0.5) is 0 Å². The minimum Gasteiger partial charge on any atom is -0.0622 e. The second-order valence-corrected chi connectivity index (χ2v) is 33.6. The van der Waals surface area contributed by atoms with Crippen molar-refractivity contribution in [3.8, 4) is 134 Å². The van der Waals surface area contributed by atoms with Gasteiger partial charge in [0.15, 0.2) is 0 Å². The van der Waals surface area contributed by atoms with E-state index < -0.39 is 159 Å². The molecule has 0 spiro atoms. The van der Waals surface area contributed by atoms with E-state index in [4.69, 9.17) is 41.1 Å². The molecular weight excluding hydrogens is 1680 g/mol. The van der Waals surface area contributed by atoms with E-state index in [9.17, 15) is 5.48 Å². The highest BCUT2D eigenvalue weighted by molar-refractivity contribution is 6.27. The van der Waals surface area contributed by atoms with Gasteiger partial charge in [-0.25, -0.2) is 0 Å². The number of rotatable bonds is 12. The maximum absolute atomic E-state index is 9.80. The van der Waals surface area contributed by atoms with Crippen LogP contribution in [0.2, 0.25) is 0 Å². The largest absolute Gasteiger partial charge is 0.0636 e. The van der Waals surface area contributed by atoms with Gasteiger partial charge in [-0.05, 0) is 276 Å². The lowest BCUT2D eigenvalue weighted by Crippen LogP contribution is -1.91. The summed E-state index contributed by atoms with van der Waals surface area (Å²) in [5, 5.41) is 13.7. The van der Waals surface area contributed by atoms with Crippen molar-refractivity contribution in [2.75, 3.05) is 0 Å². The molecule has 0 aliphatic heterocycles. The second-order valence-electron chi connectivity index (χ2n) is 33.6. The van der Waals surface area contributed by atoms with Gasteiger partial charge in [0.05, 0.1) is 46.6 Å². The minimum atomic E-state index is -0.807. The molecule has 0 heterocycles.